The smallest absolute Gasteiger partial charge is 0.414 e. The maximum Gasteiger partial charge on any atom is 0.414 e. The molecule has 0 bridgehead atoms. The first-order valence-corrected chi connectivity index (χ1v) is 12.7. The van der Waals surface area contributed by atoms with E-state index >= 15 is 0 Å². The molecular formula is C22H34N2O3Si. The van der Waals surface area contributed by atoms with Gasteiger partial charge in [-0.25, -0.2) is 4.79 Å². The van der Waals surface area contributed by atoms with E-state index in [1.54, 1.807) is 11.0 Å². The third-order valence-corrected chi connectivity index (χ3v) is 10.2. The van der Waals surface area contributed by atoms with Gasteiger partial charge in [0.1, 0.15) is 11.7 Å². The first kappa shape index (κ1) is 22.4. The predicted molar refractivity (Wildman–Crippen MR) is 115 cm³/mol. The van der Waals surface area contributed by atoms with Gasteiger partial charge in [0.05, 0.1) is 11.3 Å². The highest BCUT2D eigenvalue weighted by molar-refractivity contribution is 6.74. The molecule has 5 nitrogen and oxygen atoms in total. The molecule has 154 valence electrons. The first-order chi connectivity index (χ1) is 12.6. The molecule has 28 heavy (non-hydrogen) atoms. The highest BCUT2D eigenvalue weighted by Crippen LogP contribution is 2.45. The van der Waals surface area contributed by atoms with Crippen LogP contribution in [0.3, 0.4) is 0 Å². The zero-order valence-electron chi connectivity index (χ0n) is 18.8. The SMILES string of the molecule is CC(C)(C)OC(=O)N1CC(C)(CO[Si](C)(C)C(C)(C)C)c2cccc(C#N)c21. The van der Waals surface area contributed by atoms with Crippen molar-refractivity contribution in [2.45, 2.75) is 77.6 Å². The highest BCUT2D eigenvalue weighted by atomic mass is 28.4. The van der Waals surface area contributed by atoms with Crippen LogP contribution in [0.1, 0.15) is 59.6 Å². The summed E-state index contributed by atoms with van der Waals surface area (Å²) in [6.07, 6.45) is -0.424. The largest absolute Gasteiger partial charge is 0.443 e. The number of carbonyl (C=O) groups is 1. The van der Waals surface area contributed by atoms with Gasteiger partial charge in [0.15, 0.2) is 8.32 Å². The van der Waals surface area contributed by atoms with Crippen molar-refractivity contribution in [3.8, 4) is 6.07 Å². The lowest BCUT2D eigenvalue weighted by molar-refractivity contribution is 0.0575. The summed E-state index contributed by atoms with van der Waals surface area (Å²) in [4.78, 5) is 14.5. The number of anilines is 1. The zero-order valence-corrected chi connectivity index (χ0v) is 19.8. The zero-order chi connectivity index (χ0) is 21.5. The first-order valence-electron chi connectivity index (χ1n) is 9.79. The van der Waals surface area contributed by atoms with E-state index in [0.717, 1.165) is 5.56 Å². The average molecular weight is 403 g/mol. The van der Waals surface area contributed by atoms with E-state index in [1.807, 2.05) is 32.9 Å². The van der Waals surface area contributed by atoms with Crippen molar-refractivity contribution in [2.75, 3.05) is 18.1 Å². The lowest BCUT2D eigenvalue weighted by Crippen LogP contribution is -2.46. The van der Waals surface area contributed by atoms with Crippen LogP contribution in [0, 0.1) is 11.3 Å². The number of fused-ring (bicyclic) bond motifs is 1. The fourth-order valence-corrected chi connectivity index (χ4v) is 4.19. The number of hydrogen-bond donors (Lipinski definition) is 0. The van der Waals surface area contributed by atoms with Crippen molar-refractivity contribution in [3.63, 3.8) is 0 Å². The molecule has 0 saturated carbocycles. The second-order valence-corrected chi connectivity index (χ2v) is 15.3. The van der Waals surface area contributed by atoms with Crippen LogP contribution in [0.15, 0.2) is 18.2 Å². The average Bonchev–Trinajstić information content (AvgIpc) is 2.85. The van der Waals surface area contributed by atoms with E-state index in [9.17, 15) is 10.1 Å². The second-order valence-electron chi connectivity index (χ2n) is 10.5. The van der Waals surface area contributed by atoms with Crippen molar-refractivity contribution in [2.24, 2.45) is 0 Å². The van der Waals surface area contributed by atoms with Crippen LogP contribution in [-0.4, -0.2) is 33.2 Å². The van der Waals surface area contributed by atoms with E-state index in [-0.39, 0.29) is 5.04 Å². The quantitative estimate of drug-likeness (QED) is 0.618. The van der Waals surface area contributed by atoms with Crippen LogP contribution in [0.25, 0.3) is 0 Å². The molecule has 1 aliphatic heterocycles. The number of carbonyl (C=O) groups excluding carboxylic acids is 1. The minimum Gasteiger partial charge on any atom is -0.443 e. The molecule has 0 N–H and O–H groups in total. The lowest BCUT2D eigenvalue weighted by Gasteiger charge is -2.39. The van der Waals surface area contributed by atoms with Crippen molar-refractivity contribution in [3.05, 3.63) is 29.3 Å². The van der Waals surface area contributed by atoms with Gasteiger partial charge in [-0.2, -0.15) is 5.26 Å². The Morgan fingerprint density at radius 3 is 2.36 bits per heavy atom. The molecule has 0 spiro atoms. The Labute approximate surface area is 170 Å². The maximum atomic E-state index is 12.9. The summed E-state index contributed by atoms with van der Waals surface area (Å²) in [5.41, 5.74) is 1.11. The Bertz CT molecular complexity index is 799. The van der Waals surface area contributed by atoms with E-state index in [1.165, 1.54) is 0 Å². The fraction of sp³-hybridized carbons (Fsp3) is 0.636. The van der Waals surface area contributed by atoms with Gasteiger partial charge in [-0.15, -0.1) is 0 Å². The molecule has 6 heteroatoms. The van der Waals surface area contributed by atoms with Crippen LogP contribution in [0.2, 0.25) is 18.1 Å². The molecule has 0 aliphatic carbocycles. The van der Waals surface area contributed by atoms with E-state index in [4.69, 9.17) is 9.16 Å². The van der Waals surface area contributed by atoms with Gasteiger partial charge >= 0.3 is 6.09 Å². The monoisotopic (exact) mass is 402 g/mol. The number of ether oxygens (including phenoxy) is 1. The third-order valence-electron chi connectivity index (χ3n) is 5.76. The van der Waals surface area contributed by atoms with Gasteiger partial charge in [-0.3, -0.25) is 4.90 Å². The van der Waals surface area contributed by atoms with Crippen molar-refractivity contribution >= 4 is 20.1 Å². The number of amides is 1. The van der Waals surface area contributed by atoms with Gasteiger partial charge in [0, 0.05) is 18.6 Å². The Hall–Kier alpha value is -1.84. The molecular weight excluding hydrogens is 368 g/mol. The number of nitrogens with zero attached hydrogens (tertiary/aromatic N) is 2. The van der Waals surface area contributed by atoms with Crippen LogP contribution in [0.4, 0.5) is 10.5 Å². The maximum absolute atomic E-state index is 12.9. The Morgan fingerprint density at radius 1 is 1.25 bits per heavy atom. The number of benzene rings is 1. The summed E-state index contributed by atoms with van der Waals surface area (Å²) >= 11 is 0. The minimum atomic E-state index is -1.95. The molecule has 1 unspecified atom stereocenters. The molecule has 1 aromatic carbocycles. The Morgan fingerprint density at radius 2 is 1.86 bits per heavy atom. The van der Waals surface area contributed by atoms with E-state index in [0.29, 0.717) is 24.4 Å². The highest BCUT2D eigenvalue weighted by Gasteiger charge is 2.46. The van der Waals surface area contributed by atoms with Crippen molar-refractivity contribution in [1.82, 2.24) is 0 Å². The topological polar surface area (TPSA) is 62.6 Å². The summed E-state index contributed by atoms with van der Waals surface area (Å²) < 4.78 is 12.1. The Kier molecular flexibility index (Phi) is 5.77. The van der Waals surface area contributed by atoms with Crippen LogP contribution in [-0.2, 0) is 14.6 Å². The van der Waals surface area contributed by atoms with Gasteiger partial charge in [0.25, 0.3) is 0 Å². The molecule has 1 amide bonds. The molecule has 1 heterocycles. The van der Waals surface area contributed by atoms with Crippen molar-refractivity contribution < 1.29 is 14.0 Å². The normalized spacial score (nSPS) is 19.9. The summed E-state index contributed by atoms with van der Waals surface area (Å²) in [5, 5.41) is 9.72. The van der Waals surface area contributed by atoms with Crippen LogP contribution >= 0.6 is 0 Å². The van der Waals surface area contributed by atoms with Gasteiger partial charge < -0.3 is 9.16 Å². The molecule has 0 fully saturated rings. The molecule has 0 saturated heterocycles. The summed E-state index contributed by atoms with van der Waals surface area (Å²) in [6.45, 7) is 19.7. The summed E-state index contributed by atoms with van der Waals surface area (Å²) in [6, 6.07) is 7.85. The molecule has 2 rings (SSSR count). The Balaban J connectivity index is 2.42. The summed E-state index contributed by atoms with van der Waals surface area (Å²) in [5.74, 6) is 0. The van der Waals surface area contributed by atoms with Gasteiger partial charge in [-0.05, 0) is 50.5 Å². The molecule has 1 atom stereocenters. The van der Waals surface area contributed by atoms with Gasteiger partial charge in [-0.1, -0.05) is 39.8 Å². The minimum absolute atomic E-state index is 0.101. The molecule has 1 aliphatic rings. The van der Waals surface area contributed by atoms with Crippen LogP contribution < -0.4 is 4.90 Å². The van der Waals surface area contributed by atoms with E-state index < -0.39 is 25.4 Å². The standard InChI is InChI=1S/C22H34N2O3Si/c1-20(2,3)27-19(25)24-14-22(7,15-26-28(8,9)21(4,5)6)17-12-10-11-16(13-23)18(17)24/h10-12H,14-15H2,1-9H3. The second kappa shape index (κ2) is 7.20. The summed E-state index contributed by atoms with van der Waals surface area (Å²) in [7, 11) is -1.95. The molecule has 1 aromatic rings. The number of hydrogen-bond acceptors (Lipinski definition) is 4. The lowest BCUT2D eigenvalue weighted by atomic mass is 9.85. The number of rotatable bonds is 3. The van der Waals surface area contributed by atoms with E-state index in [2.05, 4.69) is 46.9 Å². The fourth-order valence-electron chi connectivity index (χ4n) is 3.08. The molecule has 0 radical (unpaired) electrons. The van der Waals surface area contributed by atoms with Gasteiger partial charge in [0.2, 0.25) is 0 Å². The molecule has 0 aromatic heterocycles. The number of nitriles is 1. The van der Waals surface area contributed by atoms with Crippen LogP contribution in [0.5, 0.6) is 0 Å². The number of para-hydroxylation sites is 1. The van der Waals surface area contributed by atoms with Crippen molar-refractivity contribution in [1.29, 1.82) is 5.26 Å². The third kappa shape index (κ3) is 4.42. The predicted octanol–water partition coefficient (Wildman–Crippen LogP) is 5.59.